The van der Waals surface area contributed by atoms with E-state index in [0.29, 0.717) is 6.42 Å². The summed E-state index contributed by atoms with van der Waals surface area (Å²) in [5.74, 6) is -0.123. The van der Waals surface area contributed by atoms with Crippen molar-refractivity contribution in [2.24, 2.45) is 5.92 Å². The lowest BCUT2D eigenvalue weighted by Gasteiger charge is -2.08. The maximum Gasteiger partial charge on any atom is 0.130 e. The van der Waals surface area contributed by atoms with E-state index in [9.17, 15) is 4.79 Å². The molecule has 1 aliphatic rings. The fraction of sp³-hybridized carbons (Fsp3) is 0.286. The molecule has 2 heteroatoms. The maximum atomic E-state index is 10.1. The first-order valence-corrected chi connectivity index (χ1v) is 2.85. The third kappa shape index (κ3) is 1.19. The number of aliphatic hydroxyl groups is 1. The van der Waals surface area contributed by atoms with Crippen LogP contribution in [0.4, 0.5) is 0 Å². The van der Waals surface area contributed by atoms with Crippen molar-refractivity contribution in [3.05, 3.63) is 24.0 Å². The van der Waals surface area contributed by atoms with E-state index >= 15 is 0 Å². The highest BCUT2D eigenvalue weighted by Gasteiger charge is 2.11. The van der Waals surface area contributed by atoms with Gasteiger partial charge in [0.2, 0.25) is 0 Å². The molecule has 0 aromatic heterocycles. The summed E-state index contributed by atoms with van der Waals surface area (Å²) in [6.07, 6.45) is 6.54. The zero-order valence-corrected chi connectivity index (χ0v) is 4.95. The third-order valence-electron chi connectivity index (χ3n) is 1.34. The molecule has 0 amide bonds. The molecule has 0 aromatic carbocycles. The van der Waals surface area contributed by atoms with Crippen molar-refractivity contribution >= 4 is 6.29 Å². The molecule has 0 radical (unpaired) electrons. The van der Waals surface area contributed by atoms with Gasteiger partial charge in [-0.2, -0.15) is 0 Å². The van der Waals surface area contributed by atoms with Crippen molar-refractivity contribution in [2.75, 3.05) is 0 Å². The van der Waals surface area contributed by atoms with Crippen LogP contribution in [0, 0.1) is 5.92 Å². The van der Waals surface area contributed by atoms with Gasteiger partial charge in [0.15, 0.2) is 0 Å². The molecular weight excluding hydrogens is 116 g/mol. The van der Waals surface area contributed by atoms with Crippen LogP contribution in [0.15, 0.2) is 24.0 Å². The van der Waals surface area contributed by atoms with E-state index < -0.39 is 0 Å². The number of hydrogen-bond donors (Lipinski definition) is 1. The Balaban J connectivity index is 2.69. The monoisotopic (exact) mass is 124 g/mol. The summed E-state index contributed by atoms with van der Waals surface area (Å²) < 4.78 is 0. The Labute approximate surface area is 53.5 Å². The van der Waals surface area contributed by atoms with Crippen LogP contribution in [-0.4, -0.2) is 11.4 Å². The van der Waals surface area contributed by atoms with Gasteiger partial charge in [0.05, 0.1) is 5.92 Å². The Morgan fingerprint density at radius 1 is 1.78 bits per heavy atom. The van der Waals surface area contributed by atoms with Crippen molar-refractivity contribution in [3.8, 4) is 0 Å². The quantitative estimate of drug-likeness (QED) is 0.533. The summed E-state index contributed by atoms with van der Waals surface area (Å²) in [6.45, 7) is 0. The van der Waals surface area contributed by atoms with Crippen LogP contribution < -0.4 is 0 Å². The van der Waals surface area contributed by atoms with Crippen molar-refractivity contribution in [1.29, 1.82) is 0 Å². The zero-order chi connectivity index (χ0) is 6.69. The number of rotatable bonds is 1. The molecule has 0 aliphatic heterocycles. The largest absolute Gasteiger partial charge is 0.512 e. The summed E-state index contributed by atoms with van der Waals surface area (Å²) in [5, 5.41) is 8.95. The minimum atomic E-state index is -0.296. The lowest BCUT2D eigenvalue weighted by molar-refractivity contribution is -0.110. The highest BCUT2D eigenvalue weighted by Crippen LogP contribution is 2.14. The second-order valence-electron chi connectivity index (χ2n) is 2.00. The molecular formula is C7H8O2. The standard InChI is InChI=1S/C7H8O2/c8-5-6-3-1-2-4-7(6)9/h1-2,4-6,9H,3H2. The van der Waals surface area contributed by atoms with Crippen LogP contribution >= 0.6 is 0 Å². The summed E-state index contributed by atoms with van der Waals surface area (Å²) >= 11 is 0. The predicted octanol–water partition coefficient (Wildman–Crippen LogP) is 1.20. The Morgan fingerprint density at radius 2 is 2.56 bits per heavy atom. The van der Waals surface area contributed by atoms with Crippen molar-refractivity contribution < 1.29 is 9.90 Å². The number of hydrogen-bond acceptors (Lipinski definition) is 2. The molecule has 0 spiro atoms. The normalized spacial score (nSPS) is 25.3. The molecule has 0 saturated carbocycles. The molecule has 48 valence electrons. The van der Waals surface area contributed by atoms with E-state index in [0.717, 1.165) is 6.29 Å². The van der Waals surface area contributed by atoms with E-state index in [1.54, 1.807) is 12.2 Å². The molecule has 1 rings (SSSR count). The van der Waals surface area contributed by atoms with Gasteiger partial charge in [0, 0.05) is 0 Å². The zero-order valence-electron chi connectivity index (χ0n) is 4.95. The topological polar surface area (TPSA) is 37.3 Å². The highest BCUT2D eigenvalue weighted by molar-refractivity contribution is 5.59. The second kappa shape index (κ2) is 2.49. The smallest absolute Gasteiger partial charge is 0.130 e. The van der Waals surface area contributed by atoms with E-state index in [2.05, 4.69) is 0 Å². The van der Waals surface area contributed by atoms with Crippen molar-refractivity contribution in [1.82, 2.24) is 0 Å². The number of carbonyl (C=O) groups excluding carboxylic acids is 1. The Kier molecular flexibility index (Phi) is 1.68. The van der Waals surface area contributed by atoms with Gasteiger partial charge in [-0.15, -0.1) is 0 Å². The Bertz CT molecular complexity index is 168. The molecule has 0 saturated heterocycles. The fourth-order valence-electron chi connectivity index (χ4n) is 0.761. The van der Waals surface area contributed by atoms with Crippen LogP contribution in [0.5, 0.6) is 0 Å². The van der Waals surface area contributed by atoms with Crippen LogP contribution in [0.2, 0.25) is 0 Å². The van der Waals surface area contributed by atoms with Crippen molar-refractivity contribution in [3.63, 3.8) is 0 Å². The summed E-state index contributed by atoms with van der Waals surface area (Å²) in [4.78, 5) is 10.1. The molecule has 0 bridgehead atoms. The van der Waals surface area contributed by atoms with Gasteiger partial charge in [-0.25, -0.2) is 0 Å². The first-order chi connectivity index (χ1) is 4.34. The first-order valence-electron chi connectivity index (χ1n) is 2.85. The van der Waals surface area contributed by atoms with Gasteiger partial charge >= 0.3 is 0 Å². The summed E-state index contributed by atoms with van der Waals surface area (Å²) in [5.41, 5.74) is 0. The van der Waals surface area contributed by atoms with Crippen LogP contribution in [-0.2, 0) is 4.79 Å². The van der Waals surface area contributed by atoms with Crippen LogP contribution in [0.3, 0.4) is 0 Å². The summed E-state index contributed by atoms with van der Waals surface area (Å²) in [7, 11) is 0. The fourth-order valence-corrected chi connectivity index (χ4v) is 0.761. The molecule has 1 N–H and O–H groups in total. The van der Waals surface area contributed by atoms with Gasteiger partial charge in [-0.3, -0.25) is 0 Å². The van der Waals surface area contributed by atoms with Gasteiger partial charge < -0.3 is 9.90 Å². The lowest BCUT2D eigenvalue weighted by atomic mass is 10.0. The molecule has 9 heavy (non-hydrogen) atoms. The van der Waals surface area contributed by atoms with E-state index in [-0.39, 0.29) is 11.7 Å². The van der Waals surface area contributed by atoms with E-state index in [4.69, 9.17) is 5.11 Å². The van der Waals surface area contributed by atoms with Gasteiger partial charge in [0.25, 0.3) is 0 Å². The predicted molar refractivity (Wildman–Crippen MR) is 34.0 cm³/mol. The average Bonchev–Trinajstić information content (AvgIpc) is 1.89. The second-order valence-corrected chi connectivity index (χ2v) is 2.00. The van der Waals surface area contributed by atoms with Gasteiger partial charge in [-0.05, 0) is 12.5 Å². The molecule has 1 aliphatic carbocycles. The Morgan fingerprint density at radius 3 is 3.00 bits per heavy atom. The molecule has 1 unspecified atom stereocenters. The number of allylic oxidation sites excluding steroid dienone is 4. The maximum absolute atomic E-state index is 10.1. The minimum absolute atomic E-state index is 0.174. The van der Waals surface area contributed by atoms with Crippen molar-refractivity contribution in [2.45, 2.75) is 6.42 Å². The SMILES string of the molecule is O=CC1CC=CC=C1O. The third-order valence-corrected chi connectivity index (χ3v) is 1.34. The number of carbonyl (C=O) groups is 1. The van der Waals surface area contributed by atoms with E-state index in [1.807, 2.05) is 6.08 Å². The number of aldehydes is 1. The molecule has 1 atom stereocenters. The first kappa shape index (κ1) is 6.08. The van der Waals surface area contributed by atoms with Crippen LogP contribution in [0.1, 0.15) is 6.42 Å². The lowest BCUT2D eigenvalue weighted by Crippen LogP contribution is -2.05. The molecule has 0 aromatic rings. The van der Waals surface area contributed by atoms with Gasteiger partial charge in [-0.1, -0.05) is 12.2 Å². The van der Waals surface area contributed by atoms with Gasteiger partial charge in [0.1, 0.15) is 12.0 Å². The highest BCUT2D eigenvalue weighted by atomic mass is 16.3. The molecule has 2 nitrogen and oxygen atoms in total. The average molecular weight is 124 g/mol. The Hall–Kier alpha value is -1.05. The molecule has 0 fully saturated rings. The molecule has 0 heterocycles. The number of aliphatic hydroxyl groups excluding tert-OH is 1. The summed E-state index contributed by atoms with van der Waals surface area (Å²) in [6, 6.07) is 0. The minimum Gasteiger partial charge on any atom is -0.512 e. The van der Waals surface area contributed by atoms with Crippen LogP contribution in [0.25, 0.3) is 0 Å². The van der Waals surface area contributed by atoms with E-state index in [1.165, 1.54) is 0 Å².